The fraction of sp³-hybridized carbons (Fsp3) is 0.333. The van der Waals surface area contributed by atoms with Crippen LogP contribution < -0.4 is 5.32 Å². The van der Waals surface area contributed by atoms with Crippen molar-refractivity contribution in [2.45, 2.75) is 31.2 Å². The molecular weight excluding hydrogens is 285 g/mol. The van der Waals surface area contributed by atoms with Crippen molar-refractivity contribution >= 4 is 11.6 Å². The van der Waals surface area contributed by atoms with E-state index >= 15 is 0 Å². The zero-order valence-electron chi connectivity index (χ0n) is 12.1. The van der Waals surface area contributed by atoms with Gasteiger partial charge in [-0.25, -0.2) is 4.39 Å². The van der Waals surface area contributed by atoms with E-state index in [-0.39, 0.29) is 5.82 Å². The Morgan fingerprint density at radius 3 is 2.81 bits per heavy atom. The standard InChI is InChI=1S/C18H19ClFN/c1-21-16(9-13-6-7-15(20)11-18(13)19)10-14-8-12-4-2-3-5-17(12)14/h2-7,11,14,16,21H,8-10H2,1H3. The van der Waals surface area contributed by atoms with Gasteiger partial charge >= 0.3 is 0 Å². The third-order valence-corrected chi connectivity index (χ3v) is 4.77. The van der Waals surface area contributed by atoms with E-state index in [2.05, 4.69) is 29.6 Å². The van der Waals surface area contributed by atoms with Gasteiger partial charge in [-0.3, -0.25) is 0 Å². The van der Waals surface area contributed by atoms with E-state index in [4.69, 9.17) is 11.6 Å². The van der Waals surface area contributed by atoms with E-state index < -0.39 is 0 Å². The smallest absolute Gasteiger partial charge is 0.124 e. The molecule has 0 aliphatic heterocycles. The van der Waals surface area contributed by atoms with Crippen LogP contribution in [0.3, 0.4) is 0 Å². The highest BCUT2D eigenvalue weighted by molar-refractivity contribution is 6.31. The summed E-state index contributed by atoms with van der Waals surface area (Å²) < 4.78 is 13.1. The predicted octanol–water partition coefficient (Wildman–Crippen LogP) is 4.34. The van der Waals surface area contributed by atoms with E-state index in [9.17, 15) is 4.39 Å². The molecule has 3 rings (SSSR count). The van der Waals surface area contributed by atoms with Gasteiger partial charge in [0, 0.05) is 11.1 Å². The molecule has 1 aliphatic carbocycles. The van der Waals surface area contributed by atoms with Crippen LogP contribution in [0.2, 0.25) is 5.02 Å². The zero-order chi connectivity index (χ0) is 14.8. The molecule has 0 fully saturated rings. The van der Waals surface area contributed by atoms with E-state index in [1.165, 1.54) is 23.3 Å². The van der Waals surface area contributed by atoms with E-state index in [0.717, 1.165) is 24.8 Å². The number of hydrogen-bond donors (Lipinski definition) is 1. The zero-order valence-corrected chi connectivity index (χ0v) is 12.8. The Kier molecular flexibility index (Phi) is 4.27. The molecule has 2 atom stereocenters. The first-order valence-corrected chi connectivity index (χ1v) is 7.74. The van der Waals surface area contributed by atoms with Crippen molar-refractivity contribution in [3.63, 3.8) is 0 Å². The van der Waals surface area contributed by atoms with Crippen LogP contribution in [0, 0.1) is 5.82 Å². The van der Waals surface area contributed by atoms with Gasteiger partial charge in [-0.05, 0) is 61.1 Å². The quantitative estimate of drug-likeness (QED) is 0.866. The van der Waals surface area contributed by atoms with Gasteiger partial charge in [0.05, 0.1) is 0 Å². The Morgan fingerprint density at radius 2 is 2.10 bits per heavy atom. The van der Waals surface area contributed by atoms with Gasteiger partial charge in [-0.1, -0.05) is 41.9 Å². The minimum absolute atomic E-state index is 0.280. The third kappa shape index (κ3) is 3.12. The van der Waals surface area contributed by atoms with Gasteiger partial charge in [0.15, 0.2) is 0 Å². The normalized spacial score (nSPS) is 18.0. The SMILES string of the molecule is CNC(Cc1ccc(F)cc1Cl)CC1Cc2ccccc21. The summed E-state index contributed by atoms with van der Waals surface area (Å²) >= 11 is 6.13. The number of halogens is 2. The summed E-state index contributed by atoms with van der Waals surface area (Å²) in [5.41, 5.74) is 3.95. The van der Waals surface area contributed by atoms with Gasteiger partial charge in [-0.2, -0.15) is 0 Å². The summed E-state index contributed by atoms with van der Waals surface area (Å²) in [6.45, 7) is 0. The minimum atomic E-state index is -0.280. The van der Waals surface area contributed by atoms with Crippen molar-refractivity contribution in [3.05, 3.63) is 70.0 Å². The maximum absolute atomic E-state index is 13.1. The summed E-state index contributed by atoms with van der Waals surface area (Å²) in [5, 5.41) is 3.89. The second-order valence-electron chi connectivity index (χ2n) is 5.76. The van der Waals surface area contributed by atoms with Crippen LogP contribution in [0.5, 0.6) is 0 Å². The van der Waals surface area contributed by atoms with Gasteiger partial charge < -0.3 is 5.32 Å². The highest BCUT2D eigenvalue weighted by Crippen LogP contribution is 2.38. The average Bonchev–Trinajstić information content (AvgIpc) is 2.46. The van der Waals surface area contributed by atoms with Gasteiger partial charge in [0.2, 0.25) is 0 Å². The van der Waals surface area contributed by atoms with Gasteiger partial charge in [-0.15, -0.1) is 0 Å². The first kappa shape index (κ1) is 14.6. The molecule has 0 radical (unpaired) electrons. The molecule has 0 aromatic heterocycles. The van der Waals surface area contributed by atoms with Crippen LogP contribution in [-0.2, 0) is 12.8 Å². The summed E-state index contributed by atoms with van der Waals surface area (Å²) in [4.78, 5) is 0. The molecule has 1 nitrogen and oxygen atoms in total. The molecule has 1 N–H and O–H groups in total. The Bertz CT molecular complexity index is 641. The highest BCUT2D eigenvalue weighted by atomic mass is 35.5. The van der Waals surface area contributed by atoms with Gasteiger partial charge in [0.1, 0.15) is 5.82 Å². The Labute approximate surface area is 130 Å². The van der Waals surface area contributed by atoms with E-state index in [1.54, 1.807) is 6.07 Å². The second kappa shape index (κ2) is 6.17. The first-order chi connectivity index (χ1) is 10.2. The molecule has 110 valence electrons. The number of nitrogens with one attached hydrogen (secondary N) is 1. The lowest BCUT2D eigenvalue weighted by atomic mass is 9.74. The molecule has 3 heteroatoms. The monoisotopic (exact) mass is 303 g/mol. The fourth-order valence-electron chi connectivity index (χ4n) is 3.17. The molecule has 2 aromatic rings. The maximum Gasteiger partial charge on any atom is 0.124 e. The Balaban J connectivity index is 1.67. The third-order valence-electron chi connectivity index (χ3n) is 4.42. The molecule has 0 saturated carbocycles. The number of benzene rings is 2. The number of likely N-dealkylation sites (N-methyl/N-ethyl adjacent to an activating group) is 1. The lowest BCUT2D eigenvalue weighted by Gasteiger charge is -2.33. The van der Waals surface area contributed by atoms with E-state index in [1.807, 2.05) is 7.05 Å². The lowest BCUT2D eigenvalue weighted by molar-refractivity contribution is 0.438. The number of rotatable bonds is 5. The van der Waals surface area contributed by atoms with Crippen LogP contribution in [0.15, 0.2) is 42.5 Å². The maximum atomic E-state index is 13.1. The van der Waals surface area contributed by atoms with Crippen molar-refractivity contribution in [1.82, 2.24) is 5.32 Å². The van der Waals surface area contributed by atoms with Crippen molar-refractivity contribution in [3.8, 4) is 0 Å². The molecule has 0 heterocycles. The molecule has 0 spiro atoms. The van der Waals surface area contributed by atoms with Crippen molar-refractivity contribution in [2.24, 2.45) is 0 Å². The molecule has 1 aliphatic rings. The summed E-state index contributed by atoms with van der Waals surface area (Å²) in [6, 6.07) is 13.6. The minimum Gasteiger partial charge on any atom is -0.317 e. The van der Waals surface area contributed by atoms with Crippen LogP contribution in [0.4, 0.5) is 4.39 Å². The number of fused-ring (bicyclic) bond motifs is 1. The highest BCUT2D eigenvalue weighted by Gasteiger charge is 2.27. The molecule has 0 amide bonds. The Hall–Kier alpha value is -1.38. The average molecular weight is 304 g/mol. The molecule has 0 saturated heterocycles. The molecule has 2 aromatic carbocycles. The Morgan fingerprint density at radius 1 is 1.29 bits per heavy atom. The predicted molar refractivity (Wildman–Crippen MR) is 85.5 cm³/mol. The topological polar surface area (TPSA) is 12.0 Å². The van der Waals surface area contributed by atoms with E-state index in [0.29, 0.717) is 17.0 Å². The van der Waals surface area contributed by atoms with Crippen molar-refractivity contribution in [2.75, 3.05) is 7.05 Å². The fourth-order valence-corrected chi connectivity index (χ4v) is 3.42. The summed E-state index contributed by atoms with van der Waals surface area (Å²) in [5.74, 6) is 0.343. The van der Waals surface area contributed by atoms with Crippen LogP contribution in [0.25, 0.3) is 0 Å². The largest absolute Gasteiger partial charge is 0.317 e. The van der Waals surface area contributed by atoms with Crippen LogP contribution >= 0.6 is 11.6 Å². The van der Waals surface area contributed by atoms with Crippen LogP contribution in [-0.4, -0.2) is 13.1 Å². The van der Waals surface area contributed by atoms with Gasteiger partial charge in [0.25, 0.3) is 0 Å². The lowest BCUT2D eigenvalue weighted by Crippen LogP contribution is -2.32. The molecule has 21 heavy (non-hydrogen) atoms. The summed E-state index contributed by atoms with van der Waals surface area (Å²) in [7, 11) is 1.98. The first-order valence-electron chi connectivity index (χ1n) is 7.36. The van der Waals surface area contributed by atoms with Crippen molar-refractivity contribution in [1.29, 1.82) is 0 Å². The summed E-state index contributed by atoms with van der Waals surface area (Å²) in [6.07, 6.45) is 3.07. The van der Waals surface area contributed by atoms with Crippen molar-refractivity contribution < 1.29 is 4.39 Å². The molecular formula is C18H19ClFN. The van der Waals surface area contributed by atoms with Crippen LogP contribution in [0.1, 0.15) is 29.0 Å². The number of hydrogen-bond acceptors (Lipinski definition) is 1. The molecule has 2 unspecified atom stereocenters. The second-order valence-corrected chi connectivity index (χ2v) is 6.17. The molecule has 0 bridgehead atoms.